The first-order chi connectivity index (χ1) is 17.6. The van der Waals surface area contributed by atoms with E-state index >= 15 is 0 Å². The minimum Gasteiger partial charge on any atom is -0.381 e. The number of anilines is 1. The number of ether oxygens (including phenoxy) is 1. The molecule has 0 aliphatic carbocycles. The topological polar surface area (TPSA) is 93.8 Å². The number of nitrogens with one attached hydrogen (secondary N) is 2. The van der Waals surface area contributed by atoms with E-state index in [2.05, 4.69) is 34.3 Å². The Bertz CT molecular complexity index is 1150. The van der Waals surface area contributed by atoms with Crippen molar-refractivity contribution in [3.8, 4) is 0 Å². The van der Waals surface area contributed by atoms with Crippen molar-refractivity contribution >= 4 is 17.8 Å². The number of urea groups is 1. The molecular weight excluding hydrogens is 468 g/mol. The maximum atomic E-state index is 13.9. The zero-order valence-electron chi connectivity index (χ0n) is 22.7. The summed E-state index contributed by atoms with van der Waals surface area (Å²) in [6, 6.07) is 7.94. The van der Waals surface area contributed by atoms with Crippen molar-refractivity contribution in [2.24, 2.45) is 5.92 Å². The van der Waals surface area contributed by atoms with E-state index in [4.69, 9.17) is 4.74 Å². The van der Waals surface area contributed by atoms with Gasteiger partial charge in [0, 0.05) is 56.1 Å². The molecule has 4 heterocycles. The van der Waals surface area contributed by atoms with Crippen LogP contribution >= 0.6 is 0 Å². The molecule has 0 unspecified atom stereocenters. The third-order valence-electron chi connectivity index (χ3n) is 8.41. The van der Waals surface area contributed by atoms with Gasteiger partial charge in [-0.3, -0.25) is 14.8 Å². The number of aryl methyl sites for hydroxylation is 1. The van der Waals surface area contributed by atoms with Gasteiger partial charge in [-0.05, 0) is 65.5 Å². The van der Waals surface area contributed by atoms with E-state index in [0.717, 1.165) is 56.0 Å². The van der Waals surface area contributed by atoms with Crippen molar-refractivity contribution in [2.75, 3.05) is 38.2 Å². The van der Waals surface area contributed by atoms with Gasteiger partial charge in [0.05, 0.1) is 17.8 Å². The van der Waals surface area contributed by atoms with E-state index in [1.807, 2.05) is 48.8 Å². The van der Waals surface area contributed by atoms with Crippen LogP contribution in [0.25, 0.3) is 0 Å². The number of H-pyrrole nitrogens is 1. The predicted molar refractivity (Wildman–Crippen MR) is 142 cm³/mol. The van der Waals surface area contributed by atoms with Crippen molar-refractivity contribution in [2.45, 2.75) is 71.6 Å². The van der Waals surface area contributed by atoms with Gasteiger partial charge in [-0.15, -0.1) is 0 Å². The van der Waals surface area contributed by atoms with Crippen molar-refractivity contribution in [1.82, 2.24) is 24.9 Å². The molecule has 1 aromatic carbocycles. The normalized spacial score (nSPS) is 24.2. The van der Waals surface area contributed by atoms with E-state index in [1.54, 1.807) is 6.07 Å². The molecule has 1 aromatic heterocycles. The molecule has 2 aromatic rings. The maximum absolute atomic E-state index is 13.9. The van der Waals surface area contributed by atoms with Crippen molar-refractivity contribution < 1.29 is 14.3 Å². The number of carbonyl (C=O) groups is 2. The molecule has 37 heavy (non-hydrogen) atoms. The van der Waals surface area contributed by atoms with Gasteiger partial charge in [-0.2, -0.15) is 5.10 Å². The molecule has 200 valence electrons. The van der Waals surface area contributed by atoms with Crippen LogP contribution in [0.4, 0.5) is 10.6 Å². The Morgan fingerprint density at radius 1 is 1.16 bits per heavy atom. The zero-order valence-corrected chi connectivity index (χ0v) is 22.7. The van der Waals surface area contributed by atoms with Gasteiger partial charge in [0.15, 0.2) is 5.82 Å². The summed E-state index contributed by atoms with van der Waals surface area (Å²) in [7, 11) is 0. The molecule has 0 radical (unpaired) electrons. The fourth-order valence-corrected chi connectivity index (χ4v) is 6.03. The number of amides is 3. The van der Waals surface area contributed by atoms with E-state index in [1.165, 1.54) is 0 Å². The number of nitrogens with zero attached hydrogens (tertiary/aromatic N) is 4. The Hall–Kier alpha value is -2.91. The van der Waals surface area contributed by atoms with E-state index in [0.29, 0.717) is 36.4 Å². The summed E-state index contributed by atoms with van der Waals surface area (Å²) in [6.07, 6.45) is 2.24. The molecular formula is C28H40N6O3. The highest BCUT2D eigenvalue weighted by atomic mass is 16.5. The van der Waals surface area contributed by atoms with Gasteiger partial charge in [-0.25, -0.2) is 4.79 Å². The summed E-state index contributed by atoms with van der Waals surface area (Å²) in [5, 5.41) is 10.5. The molecule has 9 nitrogen and oxygen atoms in total. The third kappa shape index (κ3) is 4.99. The minimum atomic E-state index is -0.562. The standard InChI is InChI=1S/C28H40N6O3/c1-18-7-6-8-22(13-18)26(35)29-25-23-17-34(28(4,5)24(23)30-31-25)27(36)33-15-19(2)32(14-20(33)3)16-21-9-11-37-12-10-21/h6-8,13,19-21H,9-12,14-17H2,1-5H3,(H2,29,30,31,35)/t19-,20+/m1/s1. The second-order valence-corrected chi connectivity index (χ2v) is 11.5. The van der Waals surface area contributed by atoms with Gasteiger partial charge in [-0.1, -0.05) is 17.7 Å². The Morgan fingerprint density at radius 2 is 1.92 bits per heavy atom. The molecule has 2 saturated heterocycles. The third-order valence-corrected chi connectivity index (χ3v) is 8.41. The molecule has 2 atom stereocenters. The molecule has 0 bridgehead atoms. The van der Waals surface area contributed by atoms with Gasteiger partial charge in [0.1, 0.15) is 0 Å². The quantitative estimate of drug-likeness (QED) is 0.652. The molecule has 5 rings (SSSR count). The molecule has 3 amide bonds. The summed E-state index contributed by atoms with van der Waals surface area (Å²) in [5.41, 5.74) is 2.79. The zero-order chi connectivity index (χ0) is 26.3. The SMILES string of the molecule is Cc1cccc(C(=O)Nc2n[nH]c3c2CN(C(=O)N2C[C@@H](C)N(CC4CCOCC4)C[C@@H]2C)C3(C)C)c1. The lowest BCUT2D eigenvalue weighted by Crippen LogP contribution is -2.62. The van der Waals surface area contributed by atoms with Crippen molar-refractivity contribution in [3.05, 3.63) is 46.6 Å². The summed E-state index contributed by atoms with van der Waals surface area (Å²) in [5.74, 6) is 0.963. The highest BCUT2D eigenvalue weighted by Crippen LogP contribution is 2.41. The summed E-state index contributed by atoms with van der Waals surface area (Å²) >= 11 is 0. The van der Waals surface area contributed by atoms with Crippen LogP contribution in [0, 0.1) is 12.8 Å². The summed E-state index contributed by atoms with van der Waals surface area (Å²) < 4.78 is 5.53. The lowest BCUT2D eigenvalue weighted by atomic mass is 9.97. The van der Waals surface area contributed by atoms with Crippen LogP contribution in [0.3, 0.4) is 0 Å². The average Bonchev–Trinajstić information content (AvgIpc) is 3.39. The van der Waals surface area contributed by atoms with Crippen molar-refractivity contribution in [1.29, 1.82) is 0 Å². The monoisotopic (exact) mass is 508 g/mol. The molecule has 3 aliphatic rings. The lowest BCUT2D eigenvalue weighted by molar-refractivity contribution is 0.00882. The smallest absolute Gasteiger partial charge is 0.321 e. The van der Waals surface area contributed by atoms with E-state index < -0.39 is 5.54 Å². The van der Waals surface area contributed by atoms with Crippen LogP contribution in [0.2, 0.25) is 0 Å². The molecule has 2 fully saturated rings. The number of aromatic nitrogens is 2. The first-order valence-electron chi connectivity index (χ1n) is 13.5. The second-order valence-electron chi connectivity index (χ2n) is 11.5. The fourth-order valence-electron chi connectivity index (χ4n) is 6.03. The highest BCUT2D eigenvalue weighted by Gasteiger charge is 2.47. The van der Waals surface area contributed by atoms with E-state index in [-0.39, 0.29) is 18.0 Å². The number of fused-ring (bicyclic) bond motifs is 1. The van der Waals surface area contributed by atoms with Gasteiger partial charge in [0.25, 0.3) is 5.91 Å². The van der Waals surface area contributed by atoms with Gasteiger partial charge in [0.2, 0.25) is 0 Å². The highest BCUT2D eigenvalue weighted by molar-refractivity contribution is 6.04. The van der Waals surface area contributed by atoms with Gasteiger partial charge >= 0.3 is 6.03 Å². The van der Waals surface area contributed by atoms with Crippen LogP contribution in [0.15, 0.2) is 24.3 Å². The molecule has 0 saturated carbocycles. The van der Waals surface area contributed by atoms with Crippen LogP contribution in [-0.4, -0.2) is 81.8 Å². The van der Waals surface area contributed by atoms with Crippen LogP contribution in [0.5, 0.6) is 0 Å². The Labute approximate surface area is 219 Å². The molecule has 9 heteroatoms. The lowest BCUT2D eigenvalue weighted by Gasteiger charge is -2.47. The number of rotatable bonds is 4. The predicted octanol–water partition coefficient (Wildman–Crippen LogP) is 3.96. The number of hydrogen-bond acceptors (Lipinski definition) is 5. The number of benzene rings is 1. The van der Waals surface area contributed by atoms with Crippen LogP contribution in [0.1, 0.15) is 67.7 Å². The Kier molecular flexibility index (Phi) is 7.02. The average molecular weight is 509 g/mol. The Balaban J connectivity index is 1.27. The number of carbonyl (C=O) groups excluding carboxylic acids is 2. The summed E-state index contributed by atoms with van der Waals surface area (Å²) in [4.78, 5) is 33.3. The minimum absolute atomic E-state index is 0.0376. The summed E-state index contributed by atoms with van der Waals surface area (Å²) in [6.45, 7) is 15.2. The van der Waals surface area contributed by atoms with E-state index in [9.17, 15) is 9.59 Å². The number of aromatic amines is 1. The van der Waals surface area contributed by atoms with Gasteiger partial charge < -0.3 is 19.9 Å². The Morgan fingerprint density at radius 3 is 2.65 bits per heavy atom. The van der Waals surface area contributed by atoms with Crippen LogP contribution in [-0.2, 0) is 16.8 Å². The first-order valence-corrected chi connectivity index (χ1v) is 13.5. The van der Waals surface area contributed by atoms with Crippen LogP contribution < -0.4 is 5.32 Å². The molecule has 2 N–H and O–H groups in total. The first kappa shape index (κ1) is 25.7. The number of piperazine rings is 1. The number of hydrogen-bond donors (Lipinski definition) is 2. The molecule has 0 spiro atoms. The largest absolute Gasteiger partial charge is 0.381 e. The van der Waals surface area contributed by atoms with Crippen molar-refractivity contribution in [3.63, 3.8) is 0 Å². The second kappa shape index (κ2) is 10.1. The molecule has 3 aliphatic heterocycles. The maximum Gasteiger partial charge on any atom is 0.321 e. The fraction of sp³-hybridized carbons (Fsp3) is 0.607.